The molecule has 2 aromatic rings. The second-order valence-corrected chi connectivity index (χ2v) is 3.87. The van der Waals surface area contributed by atoms with Crippen molar-refractivity contribution >= 4 is 23.2 Å². The summed E-state index contributed by atoms with van der Waals surface area (Å²) in [6.07, 6.45) is 0. The molecule has 0 radical (unpaired) electrons. The molecule has 2 rings (SSSR count). The Morgan fingerprint density at radius 3 is 1.50 bits per heavy atom. The minimum absolute atomic E-state index is 0.140. The van der Waals surface area contributed by atoms with E-state index in [9.17, 15) is 0 Å². The third-order valence-corrected chi connectivity index (χ3v) is 2.61. The maximum atomic E-state index is 8.54. The lowest BCUT2D eigenvalue weighted by Crippen LogP contribution is -1.77. The van der Waals surface area contributed by atoms with Crippen molar-refractivity contribution in [2.75, 3.05) is 0 Å². The van der Waals surface area contributed by atoms with Crippen molar-refractivity contribution in [1.29, 1.82) is 0 Å². The highest BCUT2D eigenvalue weighted by atomic mass is 35.5. The molecule has 0 aliphatic rings. The van der Waals surface area contributed by atoms with Gasteiger partial charge in [0.2, 0.25) is 0 Å². The third-order valence-electron chi connectivity index (χ3n) is 1.85. The molecule has 1 N–H and O–H groups in total. The molecule has 2 aromatic carbocycles. The molecule has 0 bridgehead atoms. The maximum Gasteiger partial charge on any atom is 0.0681 e. The molecule has 0 amide bonds. The minimum Gasteiger partial charge on any atom is -0.392 e. The summed E-state index contributed by atoms with van der Waals surface area (Å²) >= 11 is 11.2. The fourth-order valence-corrected chi connectivity index (χ4v) is 1.29. The van der Waals surface area contributed by atoms with Crippen LogP contribution in [0.2, 0.25) is 10.0 Å². The summed E-state index contributed by atoms with van der Waals surface area (Å²) in [5, 5.41) is 9.75. The van der Waals surface area contributed by atoms with E-state index in [1.807, 2.05) is 42.5 Å². The van der Waals surface area contributed by atoms with Gasteiger partial charge in [0.15, 0.2) is 0 Å². The number of hydrogen-bond acceptors (Lipinski definition) is 1. The summed E-state index contributed by atoms with van der Waals surface area (Å²) in [5.74, 6) is 0. The van der Waals surface area contributed by atoms with Crippen LogP contribution in [0.1, 0.15) is 5.56 Å². The minimum atomic E-state index is 0.140. The van der Waals surface area contributed by atoms with Gasteiger partial charge in [0.25, 0.3) is 0 Å². The summed E-state index contributed by atoms with van der Waals surface area (Å²) < 4.78 is 0. The first kappa shape index (κ1) is 13.0. The monoisotopic (exact) mass is 254 g/mol. The van der Waals surface area contributed by atoms with Crippen LogP contribution in [0.15, 0.2) is 54.6 Å². The molecule has 0 saturated heterocycles. The van der Waals surface area contributed by atoms with Gasteiger partial charge < -0.3 is 5.11 Å². The van der Waals surface area contributed by atoms with Crippen LogP contribution in [0.25, 0.3) is 0 Å². The molecular weight excluding hydrogens is 243 g/mol. The van der Waals surface area contributed by atoms with Gasteiger partial charge in [0, 0.05) is 0 Å². The SMILES string of the molecule is Clc1ccccc1Cl.OCc1ccccc1. The topological polar surface area (TPSA) is 20.2 Å². The zero-order valence-electron chi connectivity index (χ0n) is 8.61. The Hall–Kier alpha value is -1.02. The van der Waals surface area contributed by atoms with E-state index in [-0.39, 0.29) is 6.61 Å². The van der Waals surface area contributed by atoms with Crippen LogP contribution in [-0.2, 0) is 6.61 Å². The van der Waals surface area contributed by atoms with Gasteiger partial charge in [-0.2, -0.15) is 0 Å². The van der Waals surface area contributed by atoms with E-state index in [1.54, 1.807) is 12.1 Å². The normalized spacial score (nSPS) is 9.19. The van der Waals surface area contributed by atoms with Crippen LogP contribution in [-0.4, -0.2) is 5.11 Å². The first-order valence-corrected chi connectivity index (χ1v) is 5.54. The molecule has 0 unspecified atom stereocenters. The molecule has 0 heterocycles. The molecule has 16 heavy (non-hydrogen) atoms. The second-order valence-electron chi connectivity index (χ2n) is 3.06. The van der Waals surface area contributed by atoms with Gasteiger partial charge in [-0.3, -0.25) is 0 Å². The fourth-order valence-electron chi connectivity index (χ4n) is 1.02. The fraction of sp³-hybridized carbons (Fsp3) is 0.0769. The average Bonchev–Trinajstić information content (AvgIpc) is 2.35. The Morgan fingerprint density at radius 2 is 1.19 bits per heavy atom. The largest absolute Gasteiger partial charge is 0.392 e. The summed E-state index contributed by atoms with van der Waals surface area (Å²) in [5.41, 5.74) is 0.965. The van der Waals surface area contributed by atoms with E-state index < -0.39 is 0 Å². The van der Waals surface area contributed by atoms with Crippen molar-refractivity contribution in [3.8, 4) is 0 Å². The second kappa shape index (κ2) is 7.29. The lowest BCUT2D eigenvalue weighted by Gasteiger charge is -1.89. The van der Waals surface area contributed by atoms with E-state index in [0.717, 1.165) is 5.56 Å². The van der Waals surface area contributed by atoms with Crippen LogP contribution in [0.5, 0.6) is 0 Å². The molecule has 0 atom stereocenters. The number of aliphatic hydroxyl groups is 1. The molecule has 0 fully saturated rings. The predicted molar refractivity (Wildman–Crippen MR) is 68.8 cm³/mol. The van der Waals surface area contributed by atoms with Crippen molar-refractivity contribution in [1.82, 2.24) is 0 Å². The Labute approximate surface area is 105 Å². The summed E-state index contributed by atoms with van der Waals surface area (Å²) in [6, 6.07) is 16.7. The van der Waals surface area contributed by atoms with Crippen molar-refractivity contribution < 1.29 is 5.11 Å². The van der Waals surface area contributed by atoms with Crippen LogP contribution in [0.4, 0.5) is 0 Å². The number of hydrogen-bond donors (Lipinski definition) is 1. The Morgan fingerprint density at radius 1 is 0.750 bits per heavy atom. The molecular formula is C13H12Cl2O. The van der Waals surface area contributed by atoms with Gasteiger partial charge in [-0.25, -0.2) is 0 Å². The van der Waals surface area contributed by atoms with Gasteiger partial charge >= 0.3 is 0 Å². The van der Waals surface area contributed by atoms with Crippen LogP contribution in [0, 0.1) is 0 Å². The van der Waals surface area contributed by atoms with Gasteiger partial charge in [0.1, 0.15) is 0 Å². The zero-order valence-corrected chi connectivity index (χ0v) is 10.1. The first-order valence-electron chi connectivity index (χ1n) is 4.79. The van der Waals surface area contributed by atoms with E-state index in [0.29, 0.717) is 10.0 Å². The smallest absolute Gasteiger partial charge is 0.0681 e. The maximum absolute atomic E-state index is 8.54. The summed E-state index contributed by atoms with van der Waals surface area (Å²) in [4.78, 5) is 0. The van der Waals surface area contributed by atoms with Gasteiger partial charge in [0.05, 0.1) is 16.7 Å². The van der Waals surface area contributed by atoms with Crippen molar-refractivity contribution in [2.24, 2.45) is 0 Å². The Kier molecular flexibility index (Phi) is 5.94. The average molecular weight is 255 g/mol. The molecule has 0 saturated carbocycles. The van der Waals surface area contributed by atoms with E-state index in [1.165, 1.54) is 0 Å². The van der Waals surface area contributed by atoms with Gasteiger partial charge in [-0.05, 0) is 17.7 Å². The molecule has 0 spiro atoms. The molecule has 84 valence electrons. The van der Waals surface area contributed by atoms with Crippen molar-refractivity contribution in [3.05, 3.63) is 70.2 Å². The zero-order chi connectivity index (χ0) is 11.8. The van der Waals surface area contributed by atoms with Crippen LogP contribution < -0.4 is 0 Å². The Balaban J connectivity index is 0.000000160. The molecule has 0 aromatic heterocycles. The van der Waals surface area contributed by atoms with Crippen LogP contribution >= 0.6 is 23.2 Å². The highest BCUT2D eigenvalue weighted by Crippen LogP contribution is 2.19. The predicted octanol–water partition coefficient (Wildman–Crippen LogP) is 4.17. The molecule has 0 aliphatic heterocycles. The van der Waals surface area contributed by atoms with Gasteiger partial charge in [-0.1, -0.05) is 65.7 Å². The quantitative estimate of drug-likeness (QED) is 0.810. The van der Waals surface area contributed by atoms with Crippen molar-refractivity contribution in [2.45, 2.75) is 6.61 Å². The number of aliphatic hydroxyl groups excluding tert-OH is 1. The third kappa shape index (κ3) is 4.67. The van der Waals surface area contributed by atoms with E-state index >= 15 is 0 Å². The standard InChI is InChI=1S/C7H8O.C6H4Cl2/c8-6-7-4-2-1-3-5-7;7-5-3-1-2-4-6(5)8/h1-5,8H,6H2;1-4H. The van der Waals surface area contributed by atoms with E-state index in [2.05, 4.69) is 0 Å². The van der Waals surface area contributed by atoms with Crippen molar-refractivity contribution in [3.63, 3.8) is 0 Å². The Bertz CT molecular complexity index is 394. The highest BCUT2D eigenvalue weighted by molar-refractivity contribution is 6.41. The summed E-state index contributed by atoms with van der Waals surface area (Å²) in [7, 11) is 0. The van der Waals surface area contributed by atoms with Crippen LogP contribution in [0.3, 0.4) is 0 Å². The number of halogens is 2. The van der Waals surface area contributed by atoms with Gasteiger partial charge in [-0.15, -0.1) is 0 Å². The number of benzene rings is 2. The van der Waals surface area contributed by atoms with E-state index in [4.69, 9.17) is 28.3 Å². The highest BCUT2D eigenvalue weighted by Gasteiger charge is 1.89. The summed E-state index contributed by atoms with van der Waals surface area (Å²) in [6.45, 7) is 0.140. The lowest BCUT2D eigenvalue weighted by atomic mass is 10.2. The molecule has 3 heteroatoms. The number of rotatable bonds is 1. The molecule has 0 aliphatic carbocycles. The first-order chi connectivity index (χ1) is 7.74. The molecule has 1 nitrogen and oxygen atoms in total. The lowest BCUT2D eigenvalue weighted by molar-refractivity contribution is 0.282.